The first-order valence-electron chi connectivity index (χ1n) is 7.38. The lowest BCUT2D eigenvalue weighted by Crippen LogP contribution is -2.46. The van der Waals surface area contributed by atoms with Crippen molar-refractivity contribution < 1.29 is 4.79 Å². The summed E-state index contributed by atoms with van der Waals surface area (Å²) in [5, 5.41) is 3.54. The van der Waals surface area contributed by atoms with E-state index in [4.69, 9.17) is 0 Å². The number of piperidine rings is 1. The van der Waals surface area contributed by atoms with Crippen molar-refractivity contribution in [3.8, 4) is 0 Å². The van der Waals surface area contributed by atoms with E-state index in [2.05, 4.69) is 22.3 Å². The molecule has 0 radical (unpaired) electrons. The number of hydrogen-bond acceptors (Lipinski definition) is 2. The van der Waals surface area contributed by atoms with E-state index in [0.29, 0.717) is 24.3 Å². The van der Waals surface area contributed by atoms with Gasteiger partial charge in [-0.25, -0.2) is 0 Å². The van der Waals surface area contributed by atoms with Crippen LogP contribution in [0.1, 0.15) is 24.8 Å². The van der Waals surface area contributed by atoms with Crippen molar-refractivity contribution in [3.63, 3.8) is 0 Å². The standard InChI is InChI=1S/C16H22N2O/c19-16(7-6-13-4-2-1-3-5-13)18-11-9-15-14(12-18)8-10-17-15/h1-5,14-15,17H,6-12H2. The van der Waals surface area contributed by atoms with Crippen molar-refractivity contribution in [2.45, 2.75) is 31.7 Å². The van der Waals surface area contributed by atoms with Crippen molar-refractivity contribution >= 4 is 5.91 Å². The lowest BCUT2D eigenvalue weighted by atomic mass is 9.93. The smallest absolute Gasteiger partial charge is 0.222 e. The second kappa shape index (κ2) is 5.74. The molecular weight excluding hydrogens is 236 g/mol. The molecule has 2 heterocycles. The molecule has 0 saturated carbocycles. The lowest BCUT2D eigenvalue weighted by molar-refractivity contribution is -0.133. The van der Waals surface area contributed by atoms with Crippen LogP contribution in [0.3, 0.4) is 0 Å². The van der Waals surface area contributed by atoms with Gasteiger partial charge in [0.2, 0.25) is 5.91 Å². The van der Waals surface area contributed by atoms with Gasteiger partial charge < -0.3 is 10.2 Å². The monoisotopic (exact) mass is 258 g/mol. The summed E-state index contributed by atoms with van der Waals surface area (Å²) >= 11 is 0. The van der Waals surface area contributed by atoms with Crippen LogP contribution in [0.2, 0.25) is 0 Å². The number of amides is 1. The van der Waals surface area contributed by atoms with Gasteiger partial charge in [0.05, 0.1) is 0 Å². The van der Waals surface area contributed by atoms with E-state index in [1.54, 1.807) is 0 Å². The molecule has 19 heavy (non-hydrogen) atoms. The molecular formula is C16H22N2O. The first-order valence-corrected chi connectivity index (χ1v) is 7.38. The van der Waals surface area contributed by atoms with Crippen LogP contribution >= 0.6 is 0 Å². The number of rotatable bonds is 3. The Morgan fingerprint density at radius 1 is 1.26 bits per heavy atom. The molecule has 2 unspecified atom stereocenters. The van der Waals surface area contributed by atoms with E-state index in [-0.39, 0.29) is 0 Å². The SMILES string of the molecule is O=C(CCc1ccccc1)N1CCC2NCCC2C1. The number of hydrogen-bond donors (Lipinski definition) is 1. The molecule has 3 rings (SSSR count). The minimum absolute atomic E-state index is 0.328. The van der Waals surface area contributed by atoms with Gasteiger partial charge in [-0.2, -0.15) is 0 Å². The van der Waals surface area contributed by atoms with Crippen LogP contribution in [0.15, 0.2) is 30.3 Å². The van der Waals surface area contributed by atoms with Crippen molar-refractivity contribution in [2.24, 2.45) is 5.92 Å². The number of fused-ring (bicyclic) bond motifs is 1. The summed E-state index contributed by atoms with van der Waals surface area (Å²) in [5.41, 5.74) is 1.26. The number of carbonyl (C=O) groups is 1. The number of nitrogens with zero attached hydrogens (tertiary/aromatic N) is 1. The molecule has 2 fully saturated rings. The Hall–Kier alpha value is -1.35. The predicted molar refractivity (Wildman–Crippen MR) is 75.9 cm³/mol. The fourth-order valence-corrected chi connectivity index (χ4v) is 3.33. The molecule has 1 N–H and O–H groups in total. The summed E-state index contributed by atoms with van der Waals surface area (Å²) in [6.07, 6.45) is 3.87. The summed E-state index contributed by atoms with van der Waals surface area (Å²) in [6, 6.07) is 11.0. The van der Waals surface area contributed by atoms with Crippen LogP contribution < -0.4 is 5.32 Å². The Morgan fingerprint density at radius 2 is 2.11 bits per heavy atom. The number of carbonyl (C=O) groups excluding carboxylic acids is 1. The molecule has 2 aliphatic heterocycles. The van der Waals surface area contributed by atoms with Crippen LogP contribution in [-0.2, 0) is 11.2 Å². The quantitative estimate of drug-likeness (QED) is 0.897. The highest BCUT2D eigenvalue weighted by Gasteiger charge is 2.33. The number of nitrogens with one attached hydrogen (secondary N) is 1. The van der Waals surface area contributed by atoms with E-state index in [1.165, 1.54) is 12.0 Å². The van der Waals surface area contributed by atoms with Gasteiger partial charge in [-0.15, -0.1) is 0 Å². The van der Waals surface area contributed by atoms with Crippen LogP contribution in [0.25, 0.3) is 0 Å². The molecule has 102 valence electrons. The minimum atomic E-state index is 0.328. The average Bonchev–Trinajstić information content (AvgIpc) is 2.93. The van der Waals surface area contributed by atoms with E-state index < -0.39 is 0 Å². The van der Waals surface area contributed by atoms with Crippen LogP contribution in [0, 0.1) is 5.92 Å². The van der Waals surface area contributed by atoms with Crippen LogP contribution in [-0.4, -0.2) is 36.5 Å². The van der Waals surface area contributed by atoms with Crippen molar-refractivity contribution in [1.82, 2.24) is 10.2 Å². The Labute approximate surface area is 115 Å². The third-order valence-corrected chi connectivity index (χ3v) is 4.48. The highest BCUT2D eigenvalue weighted by Crippen LogP contribution is 2.25. The number of aryl methyl sites for hydroxylation is 1. The molecule has 2 aliphatic rings. The molecule has 2 saturated heterocycles. The first-order chi connectivity index (χ1) is 9.33. The van der Waals surface area contributed by atoms with E-state index in [0.717, 1.165) is 32.5 Å². The molecule has 2 atom stereocenters. The molecule has 3 heteroatoms. The summed E-state index contributed by atoms with van der Waals surface area (Å²) in [4.78, 5) is 14.3. The van der Waals surface area contributed by atoms with Gasteiger partial charge in [0.15, 0.2) is 0 Å². The van der Waals surface area contributed by atoms with E-state index in [9.17, 15) is 4.79 Å². The summed E-state index contributed by atoms with van der Waals surface area (Å²) in [5.74, 6) is 1.02. The zero-order valence-corrected chi connectivity index (χ0v) is 11.3. The highest BCUT2D eigenvalue weighted by atomic mass is 16.2. The normalized spacial score (nSPS) is 26.2. The van der Waals surface area contributed by atoms with Crippen molar-refractivity contribution in [2.75, 3.05) is 19.6 Å². The Morgan fingerprint density at radius 3 is 2.95 bits per heavy atom. The Balaban J connectivity index is 1.50. The lowest BCUT2D eigenvalue weighted by Gasteiger charge is -2.35. The molecule has 0 aliphatic carbocycles. The maximum Gasteiger partial charge on any atom is 0.222 e. The third kappa shape index (κ3) is 2.98. The summed E-state index contributed by atoms with van der Waals surface area (Å²) in [7, 11) is 0. The molecule has 0 spiro atoms. The molecule has 1 aromatic rings. The van der Waals surface area contributed by atoms with Gasteiger partial charge in [0.25, 0.3) is 0 Å². The molecule has 0 aromatic heterocycles. The predicted octanol–water partition coefficient (Wildman–Crippen LogP) is 1.83. The fourth-order valence-electron chi connectivity index (χ4n) is 3.33. The summed E-state index contributed by atoms with van der Waals surface area (Å²) in [6.45, 7) is 3.02. The minimum Gasteiger partial charge on any atom is -0.342 e. The van der Waals surface area contributed by atoms with Gasteiger partial charge in [-0.1, -0.05) is 30.3 Å². The third-order valence-electron chi connectivity index (χ3n) is 4.48. The molecule has 3 nitrogen and oxygen atoms in total. The van der Waals surface area contributed by atoms with Gasteiger partial charge in [0.1, 0.15) is 0 Å². The Bertz CT molecular complexity index is 432. The largest absolute Gasteiger partial charge is 0.342 e. The molecule has 1 amide bonds. The number of likely N-dealkylation sites (tertiary alicyclic amines) is 1. The highest BCUT2D eigenvalue weighted by molar-refractivity contribution is 5.76. The second-order valence-electron chi connectivity index (χ2n) is 5.72. The van der Waals surface area contributed by atoms with E-state index in [1.807, 2.05) is 18.2 Å². The number of benzene rings is 1. The van der Waals surface area contributed by atoms with Crippen molar-refractivity contribution in [1.29, 1.82) is 0 Å². The zero-order chi connectivity index (χ0) is 13.1. The molecule has 0 bridgehead atoms. The second-order valence-corrected chi connectivity index (χ2v) is 5.72. The maximum absolute atomic E-state index is 12.3. The summed E-state index contributed by atoms with van der Waals surface area (Å²) < 4.78 is 0. The fraction of sp³-hybridized carbons (Fsp3) is 0.562. The topological polar surface area (TPSA) is 32.3 Å². The van der Waals surface area contributed by atoms with Gasteiger partial charge in [-0.05, 0) is 37.3 Å². The van der Waals surface area contributed by atoms with Crippen LogP contribution in [0.5, 0.6) is 0 Å². The molecule has 1 aromatic carbocycles. The van der Waals surface area contributed by atoms with Gasteiger partial charge in [-0.3, -0.25) is 4.79 Å². The van der Waals surface area contributed by atoms with E-state index >= 15 is 0 Å². The van der Waals surface area contributed by atoms with Crippen molar-refractivity contribution in [3.05, 3.63) is 35.9 Å². The average molecular weight is 258 g/mol. The Kier molecular flexibility index (Phi) is 3.83. The zero-order valence-electron chi connectivity index (χ0n) is 11.3. The van der Waals surface area contributed by atoms with Gasteiger partial charge >= 0.3 is 0 Å². The maximum atomic E-state index is 12.3. The van der Waals surface area contributed by atoms with Gasteiger partial charge in [0, 0.05) is 25.6 Å². The first kappa shape index (κ1) is 12.7. The van der Waals surface area contributed by atoms with Crippen LogP contribution in [0.4, 0.5) is 0 Å².